The molecule has 33 heavy (non-hydrogen) atoms. The summed E-state index contributed by atoms with van der Waals surface area (Å²) in [4.78, 5) is 8.22. The Morgan fingerprint density at radius 1 is 1.36 bits per heavy atom. The van der Waals surface area contributed by atoms with Gasteiger partial charge in [0.25, 0.3) is 0 Å². The predicted molar refractivity (Wildman–Crippen MR) is 130 cm³/mol. The Morgan fingerprint density at radius 3 is 2.79 bits per heavy atom. The van der Waals surface area contributed by atoms with Crippen molar-refractivity contribution >= 4 is 6.08 Å². The van der Waals surface area contributed by atoms with E-state index in [1.54, 1.807) is 6.20 Å². The molecule has 0 spiro atoms. The van der Waals surface area contributed by atoms with E-state index in [-0.39, 0.29) is 17.9 Å². The van der Waals surface area contributed by atoms with Crippen LogP contribution in [0.5, 0.6) is 0 Å². The Hall–Kier alpha value is -2.82. The van der Waals surface area contributed by atoms with Gasteiger partial charge in [0, 0.05) is 24.0 Å². The largest absolute Gasteiger partial charge is 0.404 e. The summed E-state index contributed by atoms with van der Waals surface area (Å²) in [7, 11) is 0. The Bertz CT molecular complexity index is 1100. The van der Waals surface area contributed by atoms with E-state index in [0.29, 0.717) is 5.57 Å². The van der Waals surface area contributed by atoms with Crippen LogP contribution >= 0.6 is 0 Å². The summed E-state index contributed by atoms with van der Waals surface area (Å²) in [5.74, 6) is -0.108. The van der Waals surface area contributed by atoms with Crippen LogP contribution in [0.2, 0.25) is 0 Å². The van der Waals surface area contributed by atoms with Gasteiger partial charge in [0.1, 0.15) is 17.1 Å². The first-order valence-electron chi connectivity index (χ1n) is 12.1. The number of nitrogens with zero attached hydrogens (tertiary/aromatic N) is 3. The van der Waals surface area contributed by atoms with E-state index in [0.717, 1.165) is 72.7 Å². The number of piperidine rings is 1. The average molecular weight is 449 g/mol. The van der Waals surface area contributed by atoms with Gasteiger partial charge in [-0.2, -0.15) is 5.26 Å². The Kier molecular flexibility index (Phi) is 6.78. The Labute approximate surface area is 196 Å². The van der Waals surface area contributed by atoms with Gasteiger partial charge in [-0.05, 0) is 75.3 Å². The summed E-state index contributed by atoms with van der Waals surface area (Å²) in [6.07, 6.45) is 7.64. The number of nitrogens with two attached hydrogens (primary N) is 2. The number of likely N-dealkylation sites (tertiary alicyclic amines) is 1. The number of hydrogen-bond donors (Lipinski definition) is 3. The fourth-order valence-corrected chi connectivity index (χ4v) is 5.39. The molecular formula is C26H36N6O. The summed E-state index contributed by atoms with van der Waals surface area (Å²) in [5, 5.41) is 20.2. The maximum absolute atomic E-state index is 10.4. The molecule has 3 unspecified atom stereocenters. The summed E-state index contributed by atoms with van der Waals surface area (Å²) in [5.41, 5.74) is 15.4. The standard InChI is InChI=1S/C26H36N6O/c1-4-12-32-13-10-19(11-14-32)24-21(15-27)23(22(16-28)26(3,29)30-24)20-7-5-6-18-9-8-17(2)33-31-25(18)20/h5-7,9,16-17,19,23,30H,4,8,10-14,28-29H2,1-3H3/b22-16-. The lowest BCUT2D eigenvalue weighted by Gasteiger charge is -2.44. The summed E-state index contributed by atoms with van der Waals surface area (Å²) < 4.78 is 0. The molecule has 5 N–H and O–H groups in total. The molecule has 0 saturated carbocycles. The van der Waals surface area contributed by atoms with Crippen LogP contribution in [-0.4, -0.2) is 36.3 Å². The second-order valence-corrected chi connectivity index (χ2v) is 9.67. The number of fused-ring (bicyclic) bond motifs is 1. The van der Waals surface area contributed by atoms with Crippen molar-refractivity contribution in [3.05, 3.63) is 57.4 Å². The monoisotopic (exact) mass is 448 g/mol. The minimum atomic E-state index is -0.874. The van der Waals surface area contributed by atoms with Crippen LogP contribution in [0.25, 0.3) is 6.08 Å². The molecule has 7 heteroatoms. The number of benzene rings is 1. The van der Waals surface area contributed by atoms with Crippen LogP contribution < -0.4 is 27.4 Å². The second kappa shape index (κ2) is 9.58. The number of rotatable bonds is 4. The lowest BCUT2D eigenvalue weighted by molar-refractivity contribution is 0.0696. The number of hydrogen-bond acceptors (Lipinski definition) is 7. The zero-order valence-corrected chi connectivity index (χ0v) is 20.0. The van der Waals surface area contributed by atoms with Crippen LogP contribution in [0.15, 0.2) is 46.4 Å². The lowest BCUT2D eigenvalue weighted by atomic mass is 9.73. The maximum Gasteiger partial charge on any atom is 0.128 e. The zero-order valence-electron chi connectivity index (χ0n) is 20.0. The van der Waals surface area contributed by atoms with Crippen molar-refractivity contribution in [2.45, 2.75) is 64.1 Å². The smallest absolute Gasteiger partial charge is 0.128 e. The van der Waals surface area contributed by atoms with Crippen LogP contribution in [0.3, 0.4) is 0 Å². The van der Waals surface area contributed by atoms with Crippen LogP contribution in [0, 0.1) is 17.2 Å². The van der Waals surface area contributed by atoms with Crippen molar-refractivity contribution in [2.24, 2.45) is 22.5 Å². The SMILES string of the molecule is CCCN1CCC(C2=C(C#N)C(c3cccc4c3=NOC(C)CC=4)/C(=C/N)C(C)(N)N2)CC1. The minimum absolute atomic E-state index is 0.00239. The van der Waals surface area contributed by atoms with Crippen LogP contribution in [0.4, 0.5) is 0 Å². The van der Waals surface area contributed by atoms with Gasteiger partial charge in [-0.1, -0.05) is 36.4 Å². The number of nitriles is 1. The quantitative estimate of drug-likeness (QED) is 0.649. The predicted octanol–water partition coefficient (Wildman–Crippen LogP) is 1.91. The normalized spacial score (nSPS) is 29.7. The summed E-state index contributed by atoms with van der Waals surface area (Å²) in [6.45, 7) is 9.33. The molecule has 1 saturated heterocycles. The van der Waals surface area contributed by atoms with Crippen molar-refractivity contribution in [3.63, 3.8) is 0 Å². The fourth-order valence-electron chi connectivity index (χ4n) is 5.39. The highest BCUT2D eigenvalue weighted by molar-refractivity contribution is 5.53. The fraction of sp³-hybridized carbons (Fsp3) is 0.538. The van der Waals surface area contributed by atoms with Crippen LogP contribution in [0.1, 0.15) is 57.9 Å². The Morgan fingerprint density at radius 2 is 2.12 bits per heavy atom. The maximum atomic E-state index is 10.4. The average Bonchev–Trinajstić information content (AvgIpc) is 3.00. The first-order valence-corrected chi connectivity index (χ1v) is 12.1. The third kappa shape index (κ3) is 4.50. The molecule has 1 aromatic rings. The number of allylic oxidation sites excluding steroid dienone is 2. The Balaban J connectivity index is 1.85. The topological polar surface area (TPSA) is 113 Å². The van der Waals surface area contributed by atoms with Crippen molar-refractivity contribution in [2.75, 3.05) is 19.6 Å². The first-order chi connectivity index (χ1) is 15.9. The van der Waals surface area contributed by atoms with Gasteiger partial charge in [0.15, 0.2) is 0 Å². The molecule has 0 aliphatic carbocycles. The van der Waals surface area contributed by atoms with Crippen molar-refractivity contribution in [1.29, 1.82) is 5.26 Å². The highest BCUT2D eigenvalue weighted by Crippen LogP contribution is 2.42. The van der Waals surface area contributed by atoms with Gasteiger partial charge in [-0.25, -0.2) is 0 Å². The molecule has 3 aliphatic heterocycles. The zero-order chi connectivity index (χ0) is 23.6. The van der Waals surface area contributed by atoms with Gasteiger partial charge in [0.2, 0.25) is 0 Å². The third-order valence-corrected chi connectivity index (χ3v) is 7.12. The molecular weight excluding hydrogens is 412 g/mol. The number of nitrogens with one attached hydrogen (secondary N) is 1. The molecule has 0 bridgehead atoms. The lowest BCUT2D eigenvalue weighted by Crippen LogP contribution is -2.58. The van der Waals surface area contributed by atoms with E-state index >= 15 is 0 Å². The van der Waals surface area contributed by atoms with E-state index in [1.165, 1.54) is 0 Å². The molecule has 0 aromatic heterocycles. The molecule has 4 rings (SSSR count). The highest BCUT2D eigenvalue weighted by Gasteiger charge is 2.42. The van der Waals surface area contributed by atoms with E-state index in [2.05, 4.69) is 34.4 Å². The van der Waals surface area contributed by atoms with Gasteiger partial charge in [-0.3, -0.25) is 0 Å². The van der Waals surface area contributed by atoms with Crippen molar-refractivity contribution < 1.29 is 4.84 Å². The molecule has 0 amide bonds. The molecule has 7 nitrogen and oxygen atoms in total. The minimum Gasteiger partial charge on any atom is -0.404 e. The van der Waals surface area contributed by atoms with Gasteiger partial charge < -0.3 is 26.5 Å². The summed E-state index contributed by atoms with van der Waals surface area (Å²) in [6, 6.07) is 8.60. The first kappa shape index (κ1) is 23.3. The van der Waals surface area contributed by atoms with E-state index in [1.807, 2.05) is 32.0 Å². The molecule has 3 aliphatic rings. The molecule has 176 valence electrons. The molecule has 3 atom stereocenters. The van der Waals surface area contributed by atoms with Gasteiger partial charge >= 0.3 is 0 Å². The van der Waals surface area contributed by atoms with Crippen LogP contribution in [-0.2, 0) is 4.84 Å². The van der Waals surface area contributed by atoms with E-state index in [4.69, 9.17) is 16.3 Å². The second-order valence-electron chi connectivity index (χ2n) is 9.67. The highest BCUT2D eigenvalue weighted by atomic mass is 16.6. The molecule has 1 fully saturated rings. The summed E-state index contributed by atoms with van der Waals surface area (Å²) >= 11 is 0. The van der Waals surface area contributed by atoms with Gasteiger partial charge in [-0.15, -0.1) is 0 Å². The molecule has 0 radical (unpaired) electrons. The van der Waals surface area contributed by atoms with E-state index in [9.17, 15) is 5.26 Å². The van der Waals surface area contributed by atoms with Crippen molar-refractivity contribution in [1.82, 2.24) is 10.2 Å². The van der Waals surface area contributed by atoms with E-state index < -0.39 is 5.66 Å². The van der Waals surface area contributed by atoms with Crippen molar-refractivity contribution in [3.8, 4) is 6.07 Å². The third-order valence-electron chi connectivity index (χ3n) is 7.12. The van der Waals surface area contributed by atoms with Gasteiger partial charge in [0.05, 0.1) is 11.6 Å². The molecule has 1 aromatic carbocycles. The molecule has 3 heterocycles.